The molecular formula is C7H5N3O3. The molecule has 2 rings (SSSR count). The van der Waals surface area contributed by atoms with Gasteiger partial charge in [-0.2, -0.15) is 4.57 Å². The van der Waals surface area contributed by atoms with Crippen LogP contribution in [0.2, 0.25) is 0 Å². The minimum absolute atomic E-state index is 0.125. The largest absolute Gasteiger partial charge is 0.464 e. The van der Waals surface area contributed by atoms with Gasteiger partial charge >= 0.3 is 11.8 Å². The van der Waals surface area contributed by atoms with Gasteiger partial charge in [-0.25, -0.2) is 14.6 Å². The van der Waals surface area contributed by atoms with Crippen LogP contribution in [0.1, 0.15) is 0 Å². The lowest BCUT2D eigenvalue weighted by Gasteiger charge is -1.91. The highest BCUT2D eigenvalue weighted by Gasteiger charge is 2.12. The first-order valence-electron chi connectivity index (χ1n) is 3.49. The molecule has 0 fully saturated rings. The lowest BCUT2D eigenvalue weighted by Crippen LogP contribution is -2.23. The Balaban J connectivity index is 2.95. The summed E-state index contributed by atoms with van der Waals surface area (Å²) in [6.07, 6.45) is 0.0876. The zero-order valence-corrected chi connectivity index (χ0v) is 6.39. The zero-order chi connectivity index (χ0) is 9.42. The Morgan fingerprint density at radius 3 is 3.08 bits per heavy atom. The van der Waals surface area contributed by atoms with Gasteiger partial charge in [0.25, 0.3) is 0 Å². The van der Waals surface area contributed by atoms with E-state index in [1.807, 2.05) is 0 Å². The van der Waals surface area contributed by atoms with Crippen LogP contribution in [0, 0.1) is 0 Å². The number of aromatic nitrogens is 3. The first-order valence-corrected chi connectivity index (χ1v) is 3.49. The molecule has 0 saturated heterocycles. The molecule has 13 heavy (non-hydrogen) atoms. The van der Waals surface area contributed by atoms with E-state index in [-0.39, 0.29) is 5.65 Å². The molecule has 0 radical (unpaired) electrons. The maximum Gasteiger partial charge on any atom is 0.421 e. The lowest BCUT2D eigenvalue weighted by molar-refractivity contribution is 0.196. The monoisotopic (exact) mass is 179 g/mol. The van der Waals surface area contributed by atoms with Gasteiger partial charge in [0, 0.05) is 6.20 Å². The number of H-pyrrole nitrogens is 1. The molecule has 0 aliphatic rings. The molecule has 0 aromatic carbocycles. The fourth-order valence-electron chi connectivity index (χ4n) is 1.12. The van der Waals surface area contributed by atoms with E-state index in [0.29, 0.717) is 10.1 Å². The summed E-state index contributed by atoms with van der Waals surface area (Å²) in [5, 5.41) is 8.66. The molecule has 0 spiro atoms. The minimum Gasteiger partial charge on any atom is -0.464 e. The normalized spacial score (nSPS) is 10.5. The van der Waals surface area contributed by atoms with Crippen molar-refractivity contribution in [1.29, 1.82) is 0 Å². The van der Waals surface area contributed by atoms with E-state index in [1.165, 1.54) is 6.20 Å². The fourth-order valence-corrected chi connectivity index (χ4v) is 1.12. The second-order valence-electron chi connectivity index (χ2n) is 2.42. The van der Waals surface area contributed by atoms with Gasteiger partial charge in [-0.3, -0.25) is 0 Å². The van der Waals surface area contributed by atoms with E-state index < -0.39 is 11.8 Å². The number of hydrogen-bond donors (Lipinski definition) is 2. The van der Waals surface area contributed by atoms with Crippen LogP contribution in [0.15, 0.2) is 23.1 Å². The third kappa shape index (κ3) is 0.994. The number of nitrogens with zero attached hydrogens (tertiary/aromatic N) is 2. The van der Waals surface area contributed by atoms with Crippen LogP contribution in [-0.2, 0) is 0 Å². The molecule has 6 nitrogen and oxygen atoms in total. The molecule has 66 valence electrons. The van der Waals surface area contributed by atoms with Crippen LogP contribution in [0.5, 0.6) is 0 Å². The van der Waals surface area contributed by atoms with Crippen molar-refractivity contribution in [3.63, 3.8) is 0 Å². The number of rotatable bonds is 0. The number of pyridine rings is 1. The third-order valence-corrected chi connectivity index (χ3v) is 1.63. The van der Waals surface area contributed by atoms with Crippen LogP contribution in [0.4, 0.5) is 4.79 Å². The van der Waals surface area contributed by atoms with Crippen molar-refractivity contribution in [2.45, 2.75) is 0 Å². The van der Waals surface area contributed by atoms with Crippen molar-refractivity contribution in [2.75, 3.05) is 0 Å². The number of aromatic amines is 1. The highest BCUT2D eigenvalue weighted by molar-refractivity contribution is 5.82. The second-order valence-corrected chi connectivity index (χ2v) is 2.42. The van der Waals surface area contributed by atoms with Crippen molar-refractivity contribution in [1.82, 2.24) is 14.5 Å². The second kappa shape index (κ2) is 2.44. The number of carbonyl (C=O) groups is 1. The van der Waals surface area contributed by atoms with E-state index >= 15 is 0 Å². The predicted octanol–water partition coefficient (Wildman–Crippen LogP) is 0.251. The molecule has 6 heteroatoms. The number of hydrogen-bond acceptors (Lipinski definition) is 3. The number of carboxylic acid groups (broad SMARTS) is 1. The average Bonchev–Trinajstić information content (AvgIpc) is 2.39. The smallest absolute Gasteiger partial charge is 0.421 e. The summed E-state index contributed by atoms with van der Waals surface area (Å²) in [4.78, 5) is 27.8. The Morgan fingerprint density at radius 1 is 1.62 bits per heavy atom. The summed E-state index contributed by atoms with van der Waals surface area (Å²) in [6.45, 7) is 0. The standard InChI is InChI=1S/C7H5N3O3/c11-6-9-4-2-1-3-8-5(4)10(6)7(12)13/h1-3H,(H,9,11)(H,12,13). The molecular weight excluding hydrogens is 174 g/mol. The Morgan fingerprint density at radius 2 is 2.38 bits per heavy atom. The SMILES string of the molecule is O=C(O)n1c(=O)[nH]c2cccnc21. The van der Waals surface area contributed by atoms with E-state index in [1.54, 1.807) is 12.1 Å². The predicted molar refractivity (Wildman–Crippen MR) is 43.8 cm³/mol. The van der Waals surface area contributed by atoms with Gasteiger partial charge in [-0.05, 0) is 12.1 Å². The quantitative estimate of drug-likeness (QED) is 0.606. The molecule has 0 atom stereocenters. The number of imidazole rings is 1. The fraction of sp³-hybridized carbons (Fsp3) is 0. The molecule has 0 aliphatic heterocycles. The summed E-state index contributed by atoms with van der Waals surface area (Å²) in [6, 6.07) is 3.20. The average molecular weight is 179 g/mol. The summed E-state index contributed by atoms with van der Waals surface area (Å²) in [7, 11) is 0. The van der Waals surface area contributed by atoms with Crippen LogP contribution in [0.3, 0.4) is 0 Å². The van der Waals surface area contributed by atoms with Gasteiger partial charge in [-0.15, -0.1) is 0 Å². The van der Waals surface area contributed by atoms with Crippen LogP contribution < -0.4 is 5.69 Å². The van der Waals surface area contributed by atoms with Crippen LogP contribution in [0.25, 0.3) is 11.2 Å². The van der Waals surface area contributed by atoms with Gasteiger partial charge < -0.3 is 10.1 Å². The topological polar surface area (TPSA) is 88.0 Å². The molecule has 0 unspecified atom stereocenters. The lowest BCUT2D eigenvalue weighted by atomic mass is 10.4. The van der Waals surface area contributed by atoms with Gasteiger partial charge in [0.1, 0.15) is 0 Å². The van der Waals surface area contributed by atoms with Crippen molar-refractivity contribution < 1.29 is 9.90 Å². The van der Waals surface area contributed by atoms with Crippen molar-refractivity contribution >= 4 is 17.3 Å². The molecule has 0 amide bonds. The van der Waals surface area contributed by atoms with E-state index in [4.69, 9.17) is 5.11 Å². The summed E-state index contributed by atoms with van der Waals surface area (Å²) in [5.74, 6) is 0. The van der Waals surface area contributed by atoms with Crippen LogP contribution >= 0.6 is 0 Å². The van der Waals surface area contributed by atoms with Gasteiger partial charge in [0.15, 0.2) is 5.65 Å². The Labute approximate surface area is 71.5 Å². The minimum atomic E-state index is -1.34. The first kappa shape index (κ1) is 7.53. The molecule has 2 N–H and O–H groups in total. The Hall–Kier alpha value is -2.11. The highest BCUT2D eigenvalue weighted by atomic mass is 16.4. The number of nitrogens with one attached hydrogen (secondary N) is 1. The summed E-state index contributed by atoms with van der Waals surface area (Å²) >= 11 is 0. The van der Waals surface area contributed by atoms with E-state index in [2.05, 4.69) is 9.97 Å². The third-order valence-electron chi connectivity index (χ3n) is 1.63. The maximum atomic E-state index is 11.1. The van der Waals surface area contributed by atoms with Crippen molar-refractivity contribution in [2.24, 2.45) is 0 Å². The molecule has 0 aliphatic carbocycles. The Bertz CT molecular complexity index is 525. The zero-order valence-electron chi connectivity index (χ0n) is 6.39. The molecule has 2 aromatic rings. The van der Waals surface area contributed by atoms with Crippen LogP contribution in [-0.4, -0.2) is 25.7 Å². The van der Waals surface area contributed by atoms with E-state index in [0.717, 1.165) is 0 Å². The summed E-state index contributed by atoms with van der Waals surface area (Å²) in [5.41, 5.74) is -0.156. The number of fused-ring (bicyclic) bond motifs is 1. The van der Waals surface area contributed by atoms with Gasteiger partial charge in [0.05, 0.1) is 5.52 Å². The summed E-state index contributed by atoms with van der Waals surface area (Å²) < 4.78 is 0.565. The van der Waals surface area contributed by atoms with Gasteiger partial charge in [0.2, 0.25) is 0 Å². The Kier molecular flexibility index (Phi) is 1.42. The van der Waals surface area contributed by atoms with Crippen molar-refractivity contribution in [3.8, 4) is 0 Å². The first-order chi connectivity index (χ1) is 6.20. The van der Waals surface area contributed by atoms with Gasteiger partial charge in [-0.1, -0.05) is 0 Å². The molecule has 2 aromatic heterocycles. The van der Waals surface area contributed by atoms with Crippen molar-refractivity contribution in [3.05, 3.63) is 28.8 Å². The molecule has 2 heterocycles. The molecule has 0 bridgehead atoms. The molecule has 0 saturated carbocycles. The maximum absolute atomic E-state index is 11.1. The highest BCUT2D eigenvalue weighted by Crippen LogP contribution is 2.04. The van der Waals surface area contributed by atoms with E-state index in [9.17, 15) is 9.59 Å².